The molecule has 0 amide bonds. The molecule has 0 aromatic carbocycles. The third kappa shape index (κ3) is 2.38. The smallest absolute Gasteiger partial charge is 0.0743 e. The van der Waals surface area contributed by atoms with Crippen LogP contribution in [0, 0.1) is 0 Å². The van der Waals surface area contributed by atoms with Crippen LogP contribution in [0.3, 0.4) is 0 Å². The summed E-state index contributed by atoms with van der Waals surface area (Å²) in [6.07, 6.45) is 5.20. The summed E-state index contributed by atoms with van der Waals surface area (Å²) in [5.74, 6) is 0. The van der Waals surface area contributed by atoms with E-state index < -0.39 is 0 Å². The van der Waals surface area contributed by atoms with E-state index in [0.29, 0.717) is 0 Å². The van der Waals surface area contributed by atoms with Crippen molar-refractivity contribution in [2.75, 3.05) is 11.0 Å². The molecule has 1 aliphatic heterocycles. The van der Waals surface area contributed by atoms with Crippen LogP contribution in [0.15, 0.2) is 0 Å². The van der Waals surface area contributed by atoms with Gasteiger partial charge in [0.1, 0.15) is 0 Å². The molecule has 0 aliphatic carbocycles. The van der Waals surface area contributed by atoms with Crippen LogP contribution in [0.4, 0.5) is 0 Å². The predicted octanol–water partition coefficient (Wildman–Crippen LogP) is 2.77. The summed E-state index contributed by atoms with van der Waals surface area (Å²) in [4.78, 5) is 0. The molecule has 1 aliphatic rings. The molecule has 1 fully saturated rings. The molecule has 0 unspecified atom stereocenters. The zero-order valence-corrected chi connectivity index (χ0v) is 8.69. The van der Waals surface area contributed by atoms with Crippen LogP contribution in [0.2, 0.25) is 0 Å². The van der Waals surface area contributed by atoms with Crippen molar-refractivity contribution in [3.05, 3.63) is 0 Å². The molecule has 2 heteroatoms. The number of hydrogen-bond donors (Lipinski definition) is 0. The van der Waals surface area contributed by atoms with E-state index in [1.54, 1.807) is 0 Å². The van der Waals surface area contributed by atoms with E-state index >= 15 is 0 Å². The van der Waals surface area contributed by atoms with Gasteiger partial charge in [0, 0.05) is 11.0 Å². The van der Waals surface area contributed by atoms with Gasteiger partial charge in [0.15, 0.2) is 0 Å². The summed E-state index contributed by atoms with van der Waals surface area (Å²) in [6.45, 7) is 3.20. The summed E-state index contributed by atoms with van der Waals surface area (Å²) in [5.41, 5.74) is 0.192. The van der Waals surface area contributed by atoms with Crippen molar-refractivity contribution < 1.29 is 4.74 Å². The largest absolute Gasteiger partial charge is 0.374 e. The van der Waals surface area contributed by atoms with E-state index in [-0.39, 0.29) is 5.60 Å². The number of alkyl halides is 1. The highest BCUT2D eigenvalue weighted by Gasteiger charge is 2.24. The number of hydrogen-bond acceptors (Lipinski definition) is 1. The molecule has 0 aromatic rings. The summed E-state index contributed by atoms with van der Waals surface area (Å²) in [7, 11) is 0. The van der Waals surface area contributed by atoms with Gasteiger partial charge in [-0.15, -0.1) is 0 Å². The zero-order valence-electron chi connectivity index (χ0n) is 6.53. The van der Waals surface area contributed by atoms with Gasteiger partial charge >= 0.3 is 0 Å². The zero-order chi connectivity index (χ0) is 7.45. The molecule has 60 valence electrons. The molecule has 1 heterocycles. The second kappa shape index (κ2) is 3.90. The van der Waals surface area contributed by atoms with Gasteiger partial charge < -0.3 is 4.74 Å². The molecule has 1 nitrogen and oxygen atoms in total. The number of halogens is 1. The maximum Gasteiger partial charge on any atom is 0.0743 e. The van der Waals surface area contributed by atoms with Crippen molar-refractivity contribution in [3.63, 3.8) is 0 Å². The van der Waals surface area contributed by atoms with Gasteiger partial charge in [-0.2, -0.15) is 0 Å². The lowest BCUT2D eigenvalue weighted by Crippen LogP contribution is -2.29. The fourth-order valence-electron chi connectivity index (χ4n) is 1.27. The van der Waals surface area contributed by atoms with Crippen LogP contribution in [-0.4, -0.2) is 16.6 Å². The van der Waals surface area contributed by atoms with Crippen LogP contribution < -0.4 is 0 Å². The van der Waals surface area contributed by atoms with E-state index in [4.69, 9.17) is 4.74 Å². The molecular weight excluding hydrogens is 239 g/mol. The van der Waals surface area contributed by atoms with Crippen molar-refractivity contribution in [3.8, 4) is 0 Å². The summed E-state index contributed by atoms with van der Waals surface area (Å²) >= 11 is 2.42. The fourth-order valence-corrected chi connectivity index (χ4v) is 1.88. The second-order valence-electron chi connectivity index (χ2n) is 3.24. The first-order valence-corrected chi connectivity index (χ1v) is 5.49. The average molecular weight is 254 g/mol. The van der Waals surface area contributed by atoms with Crippen LogP contribution in [0.1, 0.15) is 32.6 Å². The Labute approximate surface area is 76.7 Å². The highest BCUT2D eigenvalue weighted by Crippen LogP contribution is 2.25. The molecule has 0 radical (unpaired) electrons. The van der Waals surface area contributed by atoms with Gasteiger partial charge in [-0.3, -0.25) is 0 Å². The van der Waals surface area contributed by atoms with Gasteiger partial charge in [0.2, 0.25) is 0 Å². The first-order valence-electron chi connectivity index (χ1n) is 3.97. The second-order valence-corrected chi connectivity index (χ2v) is 4.01. The summed E-state index contributed by atoms with van der Waals surface area (Å²) in [6, 6.07) is 0. The molecule has 1 rings (SSSR count). The van der Waals surface area contributed by atoms with Crippen LogP contribution in [0.5, 0.6) is 0 Å². The van der Waals surface area contributed by atoms with Crippen molar-refractivity contribution in [2.45, 2.75) is 38.2 Å². The third-order valence-corrected chi connectivity index (χ3v) is 3.70. The van der Waals surface area contributed by atoms with Crippen molar-refractivity contribution in [1.82, 2.24) is 0 Å². The highest BCUT2D eigenvalue weighted by molar-refractivity contribution is 14.1. The molecule has 10 heavy (non-hydrogen) atoms. The minimum atomic E-state index is 0.192. The minimum Gasteiger partial charge on any atom is -0.374 e. The van der Waals surface area contributed by atoms with Crippen LogP contribution in [0.25, 0.3) is 0 Å². The normalized spacial score (nSPS) is 35.4. The van der Waals surface area contributed by atoms with Crippen molar-refractivity contribution in [2.24, 2.45) is 0 Å². The van der Waals surface area contributed by atoms with Crippen LogP contribution >= 0.6 is 22.6 Å². The van der Waals surface area contributed by atoms with Crippen molar-refractivity contribution >= 4 is 22.6 Å². The average Bonchev–Trinajstić information content (AvgIpc) is 2.15. The summed E-state index contributed by atoms with van der Waals surface area (Å²) in [5, 5.41) is 0. The van der Waals surface area contributed by atoms with E-state index in [2.05, 4.69) is 29.5 Å². The summed E-state index contributed by atoms with van der Waals surface area (Å²) < 4.78 is 6.86. The molecule has 1 atom stereocenters. The molecule has 0 spiro atoms. The molecule has 1 saturated heterocycles. The highest BCUT2D eigenvalue weighted by atomic mass is 127. The first-order chi connectivity index (χ1) is 4.77. The Balaban J connectivity index is 2.41. The van der Waals surface area contributed by atoms with Gasteiger partial charge in [-0.25, -0.2) is 0 Å². The lowest BCUT2D eigenvalue weighted by Gasteiger charge is -2.25. The standard InChI is InChI=1S/C8H15IO/c1-8(7-9)5-3-2-4-6-10-8/h2-7H2,1H3/t8-/m1/s1. The molecular formula is C8H15IO. The van der Waals surface area contributed by atoms with E-state index in [1.807, 2.05) is 0 Å². The first kappa shape index (κ1) is 8.78. The lowest BCUT2D eigenvalue weighted by molar-refractivity contribution is -0.00686. The molecule has 0 saturated carbocycles. The van der Waals surface area contributed by atoms with Gasteiger partial charge in [-0.1, -0.05) is 35.4 Å². The topological polar surface area (TPSA) is 9.23 Å². The number of rotatable bonds is 1. The third-order valence-electron chi connectivity index (χ3n) is 2.08. The van der Waals surface area contributed by atoms with Gasteiger partial charge in [-0.05, 0) is 19.8 Å². The van der Waals surface area contributed by atoms with E-state index in [0.717, 1.165) is 11.0 Å². The fraction of sp³-hybridized carbons (Fsp3) is 1.00. The quantitative estimate of drug-likeness (QED) is 0.516. The lowest BCUT2D eigenvalue weighted by atomic mass is 10.0. The Morgan fingerprint density at radius 1 is 1.40 bits per heavy atom. The Morgan fingerprint density at radius 3 is 2.90 bits per heavy atom. The maximum atomic E-state index is 5.73. The molecule has 0 bridgehead atoms. The SMILES string of the molecule is C[C@]1(CI)CCCCCO1. The Hall–Kier alpha value is 0.690. The molecule has 0 N–H and O–H groups in total. The Bertz CT molecular complexity index is 95.4. The van der Waals surface area contributed by atoms with Crippen LogP contribution in [-0.2, 0) is 4.74 Å². The van der Waals surface area contributed by atoms with Gasteiger partial charge in [0.05, 0.1) is 5.60 Å². The van der Waals surface area contributed by atoms with Crippen molar-refractivity contribution in [1.29, 1.82) is 0 Å². The molecule has 0 aromatic heterocycles. The maximum absolute atomic E-state index is 5.73. The van der Waals surface area contributed by atoms with E-state index in [9.17, 15) is 0 Å². The number of ether oxygens (including phenoxy) is 1. The van der Waals surface area contributed by atoms with Gasteiger partial charge in [0.25, 0.3) is 0 Å². The minimum absolute atomic E-state index is 0.192. The predicted molar refractivity (Wildman–Crippen MR) is 51.7 cm³/mol. The monoisotopic (exact) mass is 254 g/mol. The Morgan fingerprint density at radius 2 is 2.20 bits per heavy atom. The Kier molecular flexibility index (Phi) is 3.43. The van der Waals surface area contributed by atoms with E-state index in [1.165, 1.54) is 25.7 Å².